The summed E-state index contributed by atoms with van der Waals surface area (Å²) in [6.45, 7) is 9.95. The number of anilines is 1. The van der Waals surface area contributed by atoms with Crippen LogP contribution in [0.5, 0.6) is 0 Å². The van der Waals surface area contributed by atoms with Crippen molar-refractivity contribution in [1.29, 1.82) is 0 Å². The van der Waals surface area contributed by atoms with Crippen LogP contribution in [0.3, 0.4) is 0 Å². The minimum absolute atomic E-state index is 0.0879. The summed E-state index contributed by atoms with van der Waals surface area (Å²) >= 11 is 0. The van der Waals surface area contributed by atoms with Gasteiger partial charge in [-0.05, 0) is 42.7 Å². The predicted molar refractivity (Wildman–Crippen MR) is 106 cm³/mol. The molecule has 3 amide bonds. The van der Waals surface area contributed by atoms with E-state index in [2.05, 4.69) is 38.3 Å². The molecular formula is C21H33N3O2. The van der Waals surface area contributed by atoms with Gasteiger partial charge in [0.1, 0.15) is 0 Å². The van der Waals surface area contributed by atoms with Crippen LogP contribution in [0.2, 0.25) is 0 Å². The van der Waals surface area contributed by atoms with Crippen LogP contribution in [0.15, 0.2) is 30.3 Å². The number of urea groups is 1. The summed E-state index contributed by atoms with van der Waals surface area (Å²) < 4.78 is 0. The van der Waals surface area contributed by atoms with Gasteiger partial charge in [-0.1, -0.05) is 45.9 Å². The number of hydrogen-bond acceptors (Lipinski definition) is 2. The lowest BCUT2D eigenvalue weighted by Crippen LogP contribution is -2.50. The number of carbonyl (C=O) groups is 2. The minimum atomic E-state index is -0.225. The Hall–Kier alpha value is -2.04. The number of amides is 3. The second-order valence-corrected chi connectivity index (χ2v) is 8.41. The van der Waals surface area contributed by atoms with Crippen molar-refractivity contribution in [2.45, 2.75) is 59.4 Å². The van der Waals surface area contributed by atoms with E-state index in [0.29, 0.717) is 18.9 Å². The smallest absolute Gasteiger partial charge is 0.319 e. The van der Waals surface area contributed by atoms with Crippen LogP contribution in [0.25, 0.3) is 0 Å². The molecule has 144 valence electrons. The Bertz CT molecular complexity index is 595. The van der Waals surface area contributed by atoms with Gasteiger partial charge in [-0.3, -0.25) is 4.79 Å². The van der Waals surface area contributed by atoms with Gasteiger partial charge in [0.15, 0.2) is 0 Å². The first-order chi connectivity index (χ1) is 12.3. The molecule has 0 saturated carbocycles. The van der Waals surface area contributed by atoms with Crippen LogP contribution in [-0.4, -0.2) is 36.0 Å². The molecule has 0 radical (unpaired) electrons. The average Bonchev–Trinajstić information content (AvgIpc) is 2.60. The molecule has 1 aliphatic heterocycles. The number of rotatable bonds is 5. The maximum atomic E-state index is 12.8. The average molecular weight is 360 g/mol. The summed E-state index contributed by atoms with van der Waals surface area (Å²) in [5, 5.41) is 5.75. The molecule has 0 aromatic heterocycles. The Morgan fingerprint density at radius 1 is 1.19 bits per heavy atom. The molecule has 2 N–H and O–H groups in total. The Kier molecular flexibility index (Phi) is 7.06. The van der Waals surface area contributed by atoms with Gasteiger partial charge in [0.2, 0.25) is 5.91 Å². The maximum Gasteiger partial charge on any atom is 0.319 e. The molecule has 2 atom stereocenters. The topological polar surface area (TPSA) is 61.4 Å². The lowest BCUT2D eigenvalue weighted by atomic mass is 9.79. The van der Waals surface area contributed by atoms with Gasteiger partial charge in [-0.25, -0.2) is 4.79 Å². The van der Waals surface area contributed by atoms with Crippen molar-refractivity contribution in [2.75, 3.05) is 18.4 Å². The SMILES string of the molecule is CC(CC(=O)N1CCCCC1CNC(=O)Nc1ccccc1)C(C)(C)C. The molecule has 26 heavy (non-hydrogen) atoms. The fourth-order valence-corrected chi connectivity index (χ4v) is 3.13. The predicted octanol–water partition coefficient (Wildman–Crippen LogP) is 4.26. The molecule has 1 aliphatic rings. The molecular weight excluding hydrogens is 326 g/mol. The number of benzene rings is 1. The minimum Gasteiger partial charge on any atom is -0.338 e. The Morgan fingerprint density at radius 2 is 1.88 bits per heavy atom. The highest BCUT2D eigenvalue weighted by Gasteiger charge is 2.30. The Morgan fingerprint density at radius 3 is 2.54 bits per heavy atom. The van der Waals surface area contributed by atoms with Crippen LogP contribution in [-0.2, 0) is 4.79 Å². The highest BCUT2D eigenvalue weighted by Crippen LogP contribution is 2.29. The lowest BCUT2D eigenvalue weighted by molar-refractivity contribution is -0.136. The van der Waals surface area contributed by atoms with Crippen LogP contribution < -0.4 is 10.6 Å². The van der Waals surface area contributed by atoms with Crippen molar-refractivity contribution < 1.29 is 9.59 Å². The van der Waals surface area contributed by atoms with Gasteiger partial charge in [0.05, 0.1) is 0 Å². The number of carbonyl (C=O) groups excluding carboxylic acids is 2. The number of likely N-dealkylation sites (tertiary alicyclic amines) is 1. The van der Waals surface area contributed by atoms with Gasteiger partial charge in [-0.2, -0.15) is 0 Å². The summed E-state index contributed by atoms with van der Waals surface area (Å²) in [6, 6.07) is 9.24. The molecule has 2 unspecified atom stereocenters. The third kappa shape index (κ3) is 6.04. The number of piperidine rings is 1. The van der Waals surface area contributed by atoms with Crippen molar-refractivity contribution in [3.05, 3.63) is 30.3 Å². The molecule has 2 rings (SSSR count). The first-order valence-corrected chi connectivity index (χ1v) is 9.66. The summed E-state index contributed by atoms with van der Waals surface area (Å²) in [7, 11) is 0. The molecule has 0 bridgehead atoms. The largest absolute Gasteiger partial charge is 0.338 e. The Balaban J connectivity index is 1.87. The molecule has 1 saturated heterocycles. The van der Waals surface area contributed by atoms with E-state index in [1.54, 1.807) is 0 Å². The quantitative estimate of drug-likeness (QED) is 0.825. The van der Waals surface area contributed by atoms with E-state index in [0.717, 1.165) is 31.5 Å². The molecule has 1 fully saturated rings. The second kappa shape index (κ2) is 9.06. The highest BCUT2D eigenvalue weighted by molar-refractivity contribution is 5.89. The fraction of sp³-hybridized carbons (Fsp3) is 0.619. The molecule has 0 spiro atoms. The zero-order valence-electron chi connectivity index (χ0n) is 16.5. The van der Waals surface area contributed by atoms with E-state index in [9.17, 15) is 9.59 Å². The fourth-order valence-electron chi connectivity index (χ4n) is 3.13. The van der Waals surface area contributed by atoms with Crippen molar-refractivity contribution in [1.82, 2.24) is 10.2 Å². The first-order valence-electron chi connectivity index (χ1n) is 9.66. The van der Waals surface area contributed by atoms with E-state index < -0.39 is 0 Å². The van der Waals surface area contributed by atoms with E-state index in [4.69, 9.17) is 0 Å². The Labute approximate surface area is 157 Å². The van der Waals surface area contributed by atoms with Gasteiger partial charge >= 0.3 is 6.03 Å². The van der Waals surface area contributed by atoms with Gasteiger partial charge in [0, 0.05) is 31.2 Å². The first kappa shape index (κ1) is 20.3. The molecule has 0 aliphatic carbocycles. The molecule has 5 nitrogen and oxygen atoms in total. The summed E-state index contributed by atoms with van der Waals surface area (Å²) in [5.41, 5.74) is 0.884. The van der Waals surface area contributed by atoms with Crippen LogP contribution in [0.1, 0.15) is 53.4 Å². The maximum absolute atomic E-state index is 12.8. The van der Waals surface area contributed by atoms with Crippen molar-refractivity contribution in [3.8, 4) is 0 Å². The standard InChI is InChI=1S/C21H33N3O2/c1-16(21(2,3)4)14-19(25)24-13-9-8-12-18(24)15-22-20(26)23-17-10-6-5-7-11-17/h5-7,10-11,16,18H,8-9,12-15H2,1-4H3,(H2,22,23,26). The number of nitrogens with one attached hydrogen (secondary N) is 2. The molecule has 1 aromatic rings. The second-order valence-electron chi connectivity index (χ2n) is 8.41. The molecule has 5 heteroatoms. The van der Waals surface area contributed by atoms with Crippen LogP contribution >= 0.6 is 0 Å². The van der Waals surface area contributed by atoms with E-state index >= 15 is 0 Å². The zero-order chi connectivity index (χ0) is 19.2. The van der Waals surface area contributed by atoms with Crippen molar-refractivity contribution in [2.24, 2.45) is 11.3 Å². The monoisotopic (exact) mass is 359 g/mol. The van der Waals surface area contributed by atoms with Gasteiger partial charge in [0.25, 0.3) is 0 Å². The molecule has 1 aromatic carbocycles. The zero-order valence-corrected chi connectivity index (χ0v) is 16.5. The normalized spacial score (nSPS) is 18.9. The van der Waals surface area contributed by atoms with E-state index in [1.807, 2.05) is 35.2 Å². The third-order valence-corrected chi connectivity index (χ3v) is 5.44. The highest BCUT2D eigenvalue weighted by atomic mass is 16.2. The van der Waals surface area contributed by atoms with Gasteiger partial charge < -0.3 is 15.5 Å². The number of hydrogen-bond donors (Lipinski definition) is 2. The van der Waals surface area contributed by atoms with E-state index in [1.165, 1.54) is 0 Å². The number of nitrogens with zero attached hydrogens (tertiary/aromatic N) is 1. The molecule has 1 heterocycles. The van der Waals surface area contributed by atoms with Crippen LogP contribution in [0, 0.1) is 11.3 Å². The van der Waals surface area contributed by atoms with Crippen LogP contribution in [0.4, 0.5) is 10.5 Å². The van der Waals surface area contributed by atoms with Crippen molar-refractivity contribution >= 4 is 17.6 Å². The van der Waals surface area contributed by atoms with Crippen molar-refractivity contribution in [3.63, 3.8) is 0 Å². The summed E-state index contributed by atoms with van der Waals surface area (Å²) in [5.74, 6) is 0.536. The van der Waals surface area contributed by atoms with E-state index in [-0.39, 0.29) is 23.4 Å². The van der Waals surface area contributed by atoms with Gasteiger partial charge in [-0.15, -0.1) is 0 Å². The third-order valence-electron chi connectivity index (χ3n) is 5.44. The number of para-hydroxylation sites is 1. The summed E-state index contributed by atoms with van der Waals surface area (Å²) in [4.78, 5) is 26.9. The summed E-state index contributed by atoms with van der Waals surface area (Å²) in [6.07, 6.45) is 3.66. The lowest BCUT2D eigenvalue weighted by Gasteiger charge is -2.37.